The average molecular weight is 557 g/mol. The molecule has 4 rings (SSSR count). The lowest BCUT2D eigenvalue weighted by atomic mass is 9.92. The third kappa shape index (κ3) is 7.27. The largest absolute Gasteiger partial charge is 0.462 e. The van der Waals surface area contributed by atoms with Gasteiger partial charge < -0.3 is 20.1 Å². The molecule has 0 saturated carbocycles. The van der Waals surface area contributed by atoms with Gasteiger partial charge >= 0.3 is 12.0 Å². The first-order chi connectivity index (χ1) is 19.6. The standard InChI is InChI=1S/C30H32N6O5/c1-6-40-28(38)19-8-7-9-21(16-19)36-26(18-25(35-36)30(2,3)4)34-29(39)33-20-10-12-22(13-11-20)41-23-14-15-32-24(17-23)27(37)31-5/h7-18H,6H2,1-5H3,(H,31,37)(H2,33,34,39). The Morgan fingerprint density at radius 3 is 2.37 bits per heavy atom. The highest BCUT2D eigenvalue weighted by Gasteiger charge is 2.22. The first-order valence-electron chi connectivity index (χ1n) is 13.0. The van der Waals surface area contributed by atoms with Crippen molar-refractivity contribution in [2.24, 2.45) is 0 Å². The lowest BCUT2D eigenvalue weighted by Gasteiger charge is -2.14. The van der Waals surface area contributed by atoms with Gasteiger partial charge in [-0.1, -0.05) is 26.8 Å². The van der Waals surface area contributed by atoms with E-state index in [9.17, 15) is 14.4 Å². The second kappa shape index (κ2) is 12.3. The summed E-state index contributed by atoms with van der Waals surface area (Å²) in [6.45, 7) is 8.08. The summed E-state index contributed by atoms with van der Waals surface area (Å²) in [5.41, 5.74) is 2.21. The number of carbonyl (C=O) groups excluding carboxylic acids is 3. The summed E-state index contributed by atoms with van der Waals surface area (Å²) in [7, 11) is 1.53. The third-order valence-corrected chi connectivity index (χ3v) is 5.86. The average Bonchev–Trinajstić information content (AvgIpc) is 3.38. The molecular formula is C30H32N6O5. The highest BCUT2D eigenvalue weighted by Crippen LogP contribution is 2.27. The fourth-order valence-electron chi connectivity index (χ4n) is 3.76. The van der Waals surface area contributed by atoms with Gasteiger partial charge in [0.15, 0.2) is 0 Å². The fraction of sp³-hybridized carbons (Fsp3) is 0.233. The number of benzene rings is 2. The van der Waals surface area contributed by atoms with Crippen LogP contribution in [0.25, 0.3) is 5.69 Å². The monoisotopic (exact) mass is 556 g/mol. The zero-order chi connectivity index (χ0) is 29.6. The van der Waals surface area contributed by atoms with Crippen molar-refractivity contribution in [3.8, 4) is 17.2 Å². The van der Waals surface area contributed by atoms with E-state index < -0.39 is 12.0 Å². The van der Waals surface area contributed by atoms with Crippen molar-refractivity contribution in [1.29, 1.82) is 0 Å². The van der Waals surface area contributed by atoms with E-state index in [1.54, 1.807) is 72.3 Å². The lowest BCUT2D eigenvalue weighted by Crippen LogP contribution is -2.21. The van der Waals surface area contributed by atoms with Crippen LogP contribution in [0.1, 0.15) is 54.2 Å². The molecule has 0 aliphatic rings. The molecule has 0 saturated heterocycles. The third-order valence-electron chi connectivity index (χ3n) is 5.86. The van der Waals surface area contributed by atoms with Crippen molar-refractivity contribution in [1.82, 2.24) is 20.1 Å². The minimum Gasteiger partial charge on any atom is -0.462 e. The zero-order valence-electron chi connectivity index (χ0n) is 23.5. The molecule has 0 spiro atoms. The highest BCUT2D eigenvalue weighted by molar-refractivity contribution is 5.99. The van der Waals surface area contributed by atoms with Crippen molar-refractivity contribution < 1.29 is 23.9 Å². The zero-order valence-corrected chi connectivity index (χ0v) is 23.5. The van der Waals surface area contributed by atoms with Crippen LogP contribution in [0.2, 0.25) is 0 Å². The Morgan fingerprint density at radius 1 is 0.927 bits per heavy atom. The van der Waals surface area contributed by atoms with Crippen LogP contribution >= 0.6 is 0 Å². The number of anilines is 2. The topological polar surface area (TPSA) is 136 Å². The molecule has 0 radical (unpaired) electrons. The maximum absolute atomic E-state index is 13.0. The molecule has 0 aliphatic heterocycles. The molecule has 3 amide bonds. The van der Waals surface area contributed by atoms with E-state index in [1.807, 2.05) is 20.8 Å². The van der Waals surface area contributed by atoms with Gasteiger partial charge in [0.1, 0.15) is 23.0 Å². The van der Waals surface area contributed by atoms with Gasteiger partial charge in [0.05, 0.1) is 23.6 Å². The molecule has 4 aromatic rings. The van der Waals surface area contributed by atoms with Crippen molar-refractivity contribution >= 4 is 29.4 Å². The number of rotatable bonds is 8. The van der Waals surface area contributed by atoms with Crippen molar-refractivity contribution in [3.63, 3.8) is 0 Å². The molecule has 212 valence electrons. The number of carbonyl (C=O) groups is 3. The summed E-state index contributed by atoms with van der Waals surface area (Å²) in [4.78, 5) is 41.1. The summed E-state index contributed by atoms with van der Waals surface area (Å²) < 4.78 is 12.5. The van der Waals surface area contributed by atoms with Gasteiger partial charge in [-0.25, -0.2) is 14.3 Å². The number of hydrogen-bond donors (Lipinski definition) is 3. The van der Waals surface area contributed by atoms with Crippen LogP contribution in [0.4, 0.5) is 16.3 Å². The molecule has 0 unspecified atom stereocenters. The molecule has 41 heavy (non-hydrogen) atoms. The quantitative estimate of drug-likeness (QED) is 0.243. The van der Waals surface area contributed by atoms with Gasteiger partial charge in [0, 0.05) is 36.5 Å². The maximum atomic E-state index is 13.0. The first-order valence-corrected chi connectivity index (χ1v) is 13.0. The minimum absolute atomic E-state index is 0.237. The van der Waals surface area contributed by atoms with E-state index in [-0.39, 0.29) is 23.6 Å². The van der Waals surface area contributed by atoms with Crippen molar-refractivity contribution in [3.05, 3.63) is 89.9 Å². The highest BCUT2D eigenvalue weighted by atomic mass is 16.5. The summed E-state index contributed by atoms with van der Waals surface area (Å²) in [5.74, 6) is 0.640. The maximum Gasteiger partial charge on any atom is 0.338 e. The Kier molecular flexibility index (Phi) is 8.66. The van der Waals surface area contributed by atoms with Gasteiger partial charge in [-0.15, -0.1) is 0 Å². The number of hydrogen-bond acceptors (Lipinski definition) is 7. The fourth-order valence-corrected chi connectivity index (χ4v) is 3.76. The van der Waals surface area contributed by atoms with Gasteiger partial charge in [0.2, 0.25) is 0 Å². The number of nitrogens with one attached hydrogen (secondary N) is 3. The molecule has 2 heterocycles. The van der Waals surface area contributed by atoms with Crippen LogP contribution in [-0.2, 0) is 10.2 Å². The van der Waals surface area contributed by atoms with Crippen molar-refractivity contribution in [2.75, 3.05) is 24.3 Å². The normalized spacial score (nSPS) is 11.0. The van der Waals surface area contributed by atoms with E-state index in [0.717, 1.165) is 5.69 Å². The van der Waals surface area contributed by atoms with Crippen LogP contribution in [-0.4, -0.2) is 46.3 Å². The smallest absolute Gasteiger partial charge is 0.338 e. The van der Waals surface area contributed by atoms with Crippen LogP contribution in [0.5, 0.6) is 11.5 Å². The van der Waals surface area contributed by atoms with E-state index in [0.29, 0.717) is 34.3 Å². The second-order valence-electron chi connectivity index (χ2n) is 10.0. The van der Waals surface area contributed by atoms with E-state index in [4.69, 9.17) is 14.6 Å². The minimum atomic E-state index is -0.480. The summed E-state index contributed by atoms with van der Waals surface area (Å²) in [5, 5.41) is 12.9. The molecule has 0 aliphatic carbocycles. The summed E-state index contributed by atoms with van der Waals surface area (Å²) in [6.07, 6.45) is 1.49. The van der Waals surface area contributed by atoms with Gasteiger partial charge in [0.25, 0.3) is 5.91 Å². The molecule has 2 aromatic heterocycles. The molecule has 0 fully saturated rings. The number of nitrogens with zero attached hydrogens (tertiary/aromatic N) is 3. The van der Waals surface area contributed by atoms with Crippen molar-refractivity contribution in [2.45, 2.75) is 33.1 Å². The number of pyridine rings is 1. The van der Waals surface area contributed by atoms with Crippen LogP contribution in [0, 0.1) is 0 Å². The number of ether oxygens (including phenoxy) is 2. The Labute approximate surface area is 237 Å². The van der Waals surface area contributed by atoms with Crippen LogP contribution in [0.3, 0.4) is 0 Å². The van der Waals surface area contributed by atoms with E-state index >= 15 is 0 Å². The first kappa shape index (κ1) is 28.8. The molecule has 11 heteroatoms. The van der Waals surface area contributed by atoms with Gasteiger partial charge in [-0.3, -0.25) is 15.1 Å². The Bertz CT molecular complexity index is 1560. The molecular weight excluding hydrogens is 524 g/mol. The molecule has 3 N–H and O–H groups in total. The van der Waals surface area contributed by atoms with Crippen LogP contribution < -0.4 is 20.7 Å². The summed E-state index contributed by atoms with van der Waals surface area (Å²) in [6, 6.07) is 18.1. The molecule has 2 aromatic carbocycles. The lowest BCUT2D eigenvalue weighted by molar-refractivity contribution is 0.0526. The molecule has 0 atom stereocenters. The van der Waals surface area contributed by atoms with E-state index in [1.165, 1.54) is 19.3 Å². The second-order valence-corrected chi connectivity index (χ2v) is 10.0. The molecule has 11 nitrogen and oxygen atoms in total. The van der Waals surface area contributed by atoms with E-state index in [2.05, 4.69) is 20.9 Å². The number of aromatic nitrogens is 3. The number of amides is 3. The predicted octanol–water partition coefficient (Wildman–Crippen LogP) is 5.54. The predicted molar refractivity (Wildman–Crippen MR) is 155 cm³/mol. The van der Waals surface area contributed by atoms with Gasteiger partial charge in [-0.05, 0) is 55.5 Å². The SMILES string of the molecule is CCOC(=O)c1cccc(-n2nc(C(C)(C)C)cc2NC(=O)Nc2ccc(Oc3ccnc(C(=O)NC)c3)cc2)c1. The Hall–Kier alpha value is -5.19. The van der Waals surface area contributed by atoms with Crippen LogP contribution in [0.15, 0.2) is 72.9 Å². The summed E-state index contributed by atoms with van der Waals surface area (Å²) >= 11 is 0. The van der Waals surface area contributed by atoms with Gasteiger partial charge in [-0.2, -0.15) is 5.10 Å². The molecule has 0 bridgehead atoms. The number of urea groups is 1. The Balaban J connectivity index is 1.49. The number of esters is 1. The Morgan fingerprint density at radius 2 is 1.68 bits per heavy atom.